The van der Waals surface area contributed by atoms with Crippen LogP contribution in [0.2, 0.25) is 0 Å². The monoisotopic (exact) mass is 494 g/mol. The van der Waals surface area contributed by atoms with Gasteiger partial charge < -0.3 is 14.4 Å². The number of nitrogens with zero attached hydrogens (tertiary/aromatic N) is 4. The Balaban J connectivity index is 0.000000344. The molecule has 1 fully saturated rings. The molecule has 3 aromatic rings. The number of aromatic nitrogens is 3. The van der Waals surface area contributed by atoms with Crippen molar-refractivity contribution in [1.82, 2.24) is 19.4 Å². The highest BCUT2D eigenvalue weighted by Gasteiger charge is 2.44. The molecule has 4 heterocycles. The maximum absolute atomic E-state index is 10.6. The van der Waals surface area contributed by atoms with Gasteiger partial charge in [-0.1, -0.05) is 12.1 Å². The summed E-state index contributed by atoms with van der Waals surface area (Å²) >= 11 is 1.78. The molecule has 0 bridgehead atoms. The molecule has 0 saturated carbocycles. The van der Waals surface area contributed by atoms with E-state index in [9.17, 15) is 13.2 Å². The van der Waals surface area contributed by atoms with Crippen LogP contribution in [-0.4, -0.2) is 56.9 Å². The number of methoxy groups -OCH3 is 1. The van der Waals surface area contributed by atoms with Crippen LogP contribution < -0.4 is 4.74 Å². The number of thiazole rings is 1. The number of rotatable bonds is 4. The molecule has 0 radical (unpaired) electrons. The van der Waals surface area contributed by atoms with Gasteiger partial charge in [-0.05, 0) is 32.0 Å². The standard InChI is InChI=1S/C21H24N4OS.C2HF3O2/c1-15-19(27-14-23-15)11-24-8-7-21(12-24)9-20-22-10-17(25(20)13-21)16-5-3-4-6-18(16)26-2;3-2(4,5)1(6)7/h3-6,10,14H,7-9,11-13H2,1-2H3;(H,6,7). The number of aliphatic carboxylic acids is 1. The number of hydrogen-bond donors (Lipinski definition) is 1. The number of carboxylic acid groups (broad SMARTS) is 1. The topological polar surface area (TPSA) is 80.5 Å². The summed E-state index contributed by atoms with van der Waals surface area (Å²) in [5, 5.41) is 7.12. The van der Waals surface area contributed by atoms with Crippen molar-refractivity contribution in [3.8, 4) is 17.0 Å². The van der Waals surface area contributed by atoms with E-state index in [4.69, 9.17) is 19.6 Å². The minimum absolute atomic E-state index is 0.318. The average Bonchev–Trinajstić information content (AvgIpc) is 3.55. The first kappa shape index (κ1) is 24.2. The van der Waals surface area contributed by atoms with Gasteiger partial charge in [-0.25, -0.2) is 14.8 Å². The van der Waals surface area contributed by atoms with Crippen molar-refractivity contribution in [2.75, 3.05) is 20.2 Å². The molecular formula is C23H25F3N4O3S. The van der Waals surface area contributed by atoms with Crippen LogP contribution in [0.3, 0.4) is 0 Å². The van der Waals surface area contributed by atoms with Crippen molar-refractivity contribution >= 4 is 17.3 Å². The molecule has 0 amide bonds. The van der Waals surface area contributed by atoms with Gasteiger partial charge in [0.2, 0.25) is 0 Å². The zero-order chi connectivity index (χ0) is 24.5. The predicted octanol–water partition coefficient (Wildman–Crippen LogP) is 4.41. The lowest BCUT2D eigenvalue weighted by atomic mass is 9.86. The van der Waals surface area contributed by atoms with Crippen molar-refractivity contribution in [2.24, 2.45) is 5.41 Å². The summed E-state index contributed by atoms with van der Waals surface area (Å²) in [4.78, 5) is 22.1. The summed E-state index contributed by atoms with van der Waals surface area (Å²) in [6, 6.07) is 8.23. The van der Waals surface area contributed by atoms with Gasteiger partial charge in [0.15, 0.2) is 0 Å². The van der Waals surface area contributed by atoms with Crippen LogP contribution in [-0.2, 0) is 24.3 Å². The third-order valence-corrected chi connectivity index (χ3v) is 7.24. The summed E-state index contributed by atoms with van der Waals surface area (Å²) in [7, 11) is 1.73. The molecule has 11 heteroatoms. The number of likely N-dealkylation sites (tertiary alicyclic amines) is 1. The Bertz CT molecular complexity index is 1180. The summed E-state index contributed by atoms with van der Waals surface area (Å²) in [5.41, 5.74) is 5.76. The first-order chi connectivity index (χ1) is 16.1. The second kappa shape index (κ2) is 9.38. The van der Waals surface area contributed by atoms with Gasteiger partial charge in [-0.15, -0.1) is 11.3 Å². The predicted molar refractivity (Wildman–Crippen MR) is 121 cm³/mol. The molecule has 0 aliphatic carbocycles. The Morgan fingerprint density at radius 1 is 1.26 bits per heavy atom. The molecule has 1 saturated heterocycles. The van der Waals surface area contributed by atoms with Crippen LogP contribution in [0.1, 0.15) is 22.8 Å². The quantitative estimate of drug-likeness (QED) is 0.579. The maximum atomic E-state index is 10.6. The van der Waals surface area contributed by atoms with E-state index in [-0.39, 0.29) is 0 Å². The lowest BCUT2D eigenvalue weighted by Gasteiger charge is -2.23. The van der Waals surface area contributed by atoms with Crippen LogP contribution >= 0.6 is 11.3 Å². The van der Waals surface area contributed by atoms with Crippen LogP contribution in [0.4, 0.5) is 13.2 Å². The lowest BCUT2D eigenvalue weighted by molar-refractivity contribution is -0.192. The van der Waals surface area contributed by atoms with Crippen molar-refractivity contribution in [3.05, 3.63) is 52.4 Å². The summed E-state index contributed by atoms with van der Waals surface area (Å²) in [5.74, 6) is -0.630. The summed E-state index contributed by atoms with van der Waals surface area (Å²) in [6.07, 6.45) is -0.770. The number of para-hydroxylation sites is 1. The zero-order valence-corrected chi connectivity index (χ0v) is 19.6. The Morgan fingerprint density at radius 2 is 2.00 bits per heavy atom. The SMILES string of the molecule is COc1ccccc1-c1cnc2n1CC1(CCN(Cc3scnc3C)C1)C2.O=C(O)C(F)(F)F. The number of fused-ring (bicyclic) bond motifs is 1. The van der Waals surface area contributed by atoms with Crippen LogP contribution in [0.25, 0.3) is 11.3 Å². The fourth-order valence-electron chi connectivity index (χ4n) is 4.65. The molecule has 1 unspecified atom stereocenters. The highest BCUT2D eigenvalue weighted by Crippen LogP contribution is 2.44. The highest BCUT2D eigenvalue weighted by molar-refractivity contribution is 7.09. The van der Waals surface area contributed by atoms with Crippen molar-refractivity contribution in [2.45, 2.75) is 39.0 Å². The maximum Gasteiger partial charge on any atom is 0.490 e. The van der Waals surface area contributed by atoms with Crippen LogP contribution in [0.5, 0.6) is 5.75 Å². The molecule has 182 valence electrons. The number of ether oxygens (including phenoxy) is 1. The molecule has 1 aromatic carbocycles. The summed E-state index contributed by atoms with van der Waals surface area (Å²) in [6.45, 7) is 6.49. The second-order valence-corrected chi connectivity index (χ2v) is 9.59. The second-order valence-electron chi connectivity index (χ2n) is 8.65. The van der Waals surface area contributed by atoms with Crippen molar-refractivity contribution < 1.29 is 27.8 Å². The number of imidazole rings is 1. The lowest BCUT2D eigenvalue weighted by Crippen LogP contribution is -2.28. The molecule has 1 atom stereocenters. The van der Waals surface area contributed by atoms with Gasteiger partial charge in [0.1, 0.15) is 11.6 Å². The Kier molecular flexibility index (Phi) is 6.68. The Hall–Kier alpha value is -2.92. The van der Waals surface area contributed by atoms with Gasteiger partial charge in [0.05, 0.1) is 30.2 Å². The summed E-state index contributed by atoms with van der Waals surface area (Å²) < 4.78 is 39.7. The van der Waals surface area contributed by atoms with Gasteiger partial charge in [-0.3, -0.25) is 4.90 Å². The van der Waals surface area contributed by atoms with E-state index < -0.39 is 12.1 Å². The smallest absolute Gasteiger partial charge is 0.490 e. The van der Waals surface area contributed by atoms with Gasteiger partial charge in [0, 0.05) is 41.9 Å². The molecule has 2 aliphatic rings. The fraction of sp³-hybridized carbons (Fsp3) is 0.435. The van der Waals surface area contributed by atoms with Crippen LogP contribution in [0.15, 0.2) is 36.0 Å². The number of carbonyl (C=O) groups is 1. The first-order valence-electron chi connectivity index (χ1n) is 10.7. The minimum Gasteiger partial charge on any atom is -0.496 e. The van der Waals surface area contributed by atoms with Gasteiger partial charge in [-0.2, -0.15) is 13.2 Å². The van der Waals surface area contributed by atoms with E-state index in [0.29, 0.717) is 5.41 Å². The zero-order valence-electron chi connectivity index (χ0n) is 18.8. The highest BCUT2D eigenvalue weighted by atomic mass is 32.1. The fourth-order valence-corrected chi connectivity index (χ4v) is 5.47. The Labute approximate surface area is 198 Å². The number of halogens is 3. The molecule has 5 rings (SSSR count). The molecule has 2 aliphatic heterocycles. The minimum atomic E-state index is -5.08. The van der Waals surface area contributed by atoms with E-state index in [1.807, 2.05) is 23.8 Å². The number of alkyl halides is 3. The molecule has 7 nitrogen and oxygen atoms in total. The Morgan fingerprint density at radius 3 is 2.65 bits per heavy atom. The third-order valence-electron chi connectivity index (χ3n) is 6.32. The van der Waals surface area contributed by atoms with Gasteiger partial charge in [0.25, 0.3) is 0 Å². The van der Waals surface area contributed by atoms with E-state index in [2.05, 4.69) is 33.5 Å². The van der Waals surface area contributed by atoms with Crippen molar-refractivity contribution in [1.29, 1.82) is 0 Å². The average molecular weight is 495 g/mol. The number of aryl methyl sites for hydroxylation is 1. The van der Waals surface area contributed by atoms with E-state index >= 15 is 0 Å². The number of carboxylic acids is 1. The van der Waals surface area contributed by atoms with E-state index in [1.165, 1.54) is 28.5 Å². The van der Waals surface area contributed by atoms with Gasteiger partial charge >= 0.3 is 12.1 Å². The molecule has 2 aromatic heterocycles. The molecule has 1 spiro atoms. The largest absolute Gasteiger partial charge is 0.496 e. The number of hydrogen-bond acceptors (Lipinski definition) is 6. The first-order valence-corrected chi connectivity index (χ1v) is 11.6. The molecule has 1 N–H and O–H groups in total. The normalized spacial score (nSPS) is 19.7. The van der Waals surface area contributed by atoms with Crippen molar-refractivity contribution in [3.63, 3.8) is 0 Å². The van der Waals surface area contributed by atoms with E-state index in [0.717, 1.165) is 43.9 Å². The van der Waals surface area contributed by atoms with Crippen LogP contribution in [0, 0.1) is 12.3 Å². The third kappa shape index (κ3) is 4.95. The molecular weight excluding hydrogens is 469 g/mol. The van der Waals surface area contributed by atoms with E-state index in [1.54, 1.807) is 18.4 Å². The molecule has 34 heavy (non-hydrogen) atoms. The number of benzene rings is 1.